The summed E-state index contributed by atoms with van der Waals surface area (Å²) in [6, 6.07) is 3.65. The van der Waals surface area contributed by atoms with E-state index in [-0.39, 0.29) is 17.5 Å². The second kappa shape index (κ2) is 5.30. The summed E-state index contributed by atoms with van der Waals surface area (Å²) < 4.78 is 1.45. The van der Waals surface area contributed by atoms with Crippen LogP contribution >= 0.6 is 0 Å². The molecule has 0 fully saturated rings. The van der Waals surface area contributed by atoms with Crippen LogP contribution in [0.5, 0.6) is 0 Å². The lowest BCUT2D eigenvalue weighted by Crippen LogP contribution is -2.26. The predicted octanol–water partition coefficient (Wildman–Crippen LogP) is 1.20. The largest absolute Gasteiger partial charge is 0.481 e. The van der Waals surface area contributed by atoms with Gasteiger partial charge in [-0.3, -0.25) is 9.59 Å². The normalized spacial score (nSPS) is 9.94. The molecule has 1 aromatic heterocycles. The van der Waals surface area contributed by atoms with E-state index in [4.69, 9.17) is 10.4 Å². The third-order valence-corrected chi connectivity index (χ3v) is 2.59. The molecule has 0 spiro atoms. The van der Waals surface area contributed by atoms with Gasteiger partial charge in [0.25, 0.3) is 5.56 Å². The number of aliphatic carboxylic acids is 1. The molecule has 5 heteroatoms. The molecule has 0 aliphatic heterocycles. The second-order valence-electron chi connectivity index (χ2n) is 3.91. The lowest BCUT2D eigenvalue weighted by Gasteiger charge is -2.10. The smallest absolute Gasteiger partial charge is 0.303 e. The number of nitrogens with zero attached hydrogens (tertiary/aromatic N) is 2. The summed E-state index contributed by atoms with van der Waals surface area (Å²) in [5, 5.41) is 17.4. The van der Waals surface area contributed by atoms with Crippen molar-refractivity contribution in [3.8, 4) is 6.07 Å². The number of carboxylic acid groups (broad SMARTS) is 1. The van der Waals surface area contributed by atoms with Crippen LogP contribution in [-0.4, -0.2) is 15.6 Å². The zero-order valence-electron chi connectivity index (χ0n) is 9.86. The van der Waals surface area contributed by atoms with Crippen molar-refractivity contribution < 1.29 is 9.90 Å². The van der Waals surface area contributed by atoms with Crippen LogP contribution in [0.2, 0.25) is 0 Å². The molecule has 0 amide bonds. The topological polar surface area (TPSA) is 83.1 Å². The Hall–Kier alpha value is -2.09. The molecule has 0 radical (unpaired) electrons. The highest BCUT2D eigenvalue weighted by Crippen LogP contribution is 2.06. The molecule has 0 aliphatic rings. The Bertz CT molecular complexity index is 538. The predicted molar refractivity (Wildman–Crippen MR) is 61.8 cm³/mol. The van der Waals surface area contributed by atoms with Crippen molar-refractivity contribution in [2.45, 2.75) is 33.2 Å². The fourth-order valence-electron chi connectivity index (χ4n) is 1.73. The molecule has 17 heavy (non-hydrogen) atoms. The van der Waals surface area contributed by atoms with Gasteiger partial charge in [0, 0.05) is 18.7 Å². The van der Waals surface area contributed by atoms with E-state index in [0.29, 0.717) is 18.5 Å². The van der Waals surface area contributed by atoms with Crippen LogP contribution in [0.3, 0.4) is 0 Å². The van der Waals surface area contributed by atoms with Gasteiger partial charge >= 0.3 is 5.97 Å². The molecular formula is C12H14N2O3. The standard InChI is InChI=1S/C12H14N2O3/c1-8-6-9(2)14(5-3-4-11(15)16)12(17)10(8)7-13/h6H,3-5H2,1-2H3,(H,15,16). The van der Waals surface area contributed by atoms with Crippen LogP contribution in [0.25, 0.3) is 0 Å². The Morgan fingerprint density at radius 1 is 1.53 bits per heavy atom. The Labute approximate surface area is 98.9 Å². The number of rotatable bonds is 4. The van der Waals surface area contributed by atoms with Gasteiger partial charge in [-0.05, 0) is 31.9 Å². The minimum absolute atomic E-state index is 0.0155. The molecule has 90 valence electrons. The zero-order valence-corrected chi connectivity index (χ0v) is 9.86. The van der Waals surface area contributed by atoms with Crippen LogP contribution in [0.1, 0.15) is 29.7 Å². The molecular weight excluding hydrogens is 220 g/mol. The van der Waals surface area contributed by atoms with Gasteiger partial charge in [0.05, 0.1) is 0 Å². The Morgan fingerprint density at radius 2 is 2.18 bits per heavy atom. The molecule has 1 aromatic rings. The molecule has 0 saturated carbocycles. The first kappa shape index (κ1) is 13.0. The maximum atomic E-state index is 11.9. The summed E-state index contributed by atoms with van der Waals surface area (Å²) in [5.41, 5.74) is 1.20. The van der Waals surface area contributed by atoms with E-state index in [1.807, 2.05) is 6.07 Å². The zero-order chi connectivity index (χ0) is 13.0. The van der Waals surface area contributed by atoms with Gasteiger partial charge in [0.15, 0.2) is 0 Å². The van der Waals surface area contributed by atoms with Crippen molar-refractivity contribution in [1.82, 2.24) is 4.57 Å². The van der Waals surface area contributed by atoms with Crippen molar-refractivity contribution in [2.24, 2.45) is 0 Å². The lowest BCUT2D eigenvalue weighted by molar-refractivity contribution is -0.137. The van der Waals surface area contributed by atoms with Crippen LogP contribution in [-0.2, 0) is 11.3 Å². The average molecular weight is 234 g/mol. The summed E-state index contributed by atoms with van der Waals surface area (Å²) in [6.07, 6.45) is 0.394. The van der Waals surface area contributed by atoms with Crippen molar-refractivity contribution in [1.29, 1.82) is 5.26 Å². The number of aryl methyl sites for hydroxylation is 2. The molecule has 0 aliphatic carbocycles. The van der Waals surface area contributed by atoms with Crippen molar-refractivity contribution in [2.75, 3.05) is 0 Å². The fourth-order valence-corrected chi connectivity index (χ4v) is 1.73. The monoisotopic (exact) mass is 234 g/mol. The minimum atomic E-state index is -0.886. The van der Waals surface area contributed by atoms with E-state index >= 15 is 0 Å². The summed E-state index contributed by atoms with van der Waals surface area (Å²) in [6.45, 7) is 3.82. The molecule has 0 bridgehead atoms. The summed E-state index contributed by atoms with van der Waals surface area (Å²) in [7, 11) is 0. The van der Waals surface area contributed by atoms with Gasteiger partial charge in [-0.1, -0.05) is 0 Å². The van der Waals surface area contributed by atoms with Gasteiger partial charge in [-0.2, -0.15) is 5.26 Å². The molecule has 5 nitrogen and oxygen atoms in total. The number of carboxylic acids is 1. The fraction of sp³-hybridized carbons (Fsp3) is 0.417. The first-order valence-electron chi connectivity index (χ1n) is 5.30. The van der Waals surface area contributed by atoms with E-state index in [2.05, 4.69) is 0 Å². The number of carbonyl (C=O) groups is 1. The maximum absolute atomic E-state index is 11.9. The number of hydrogen-bond acceptors (Lipinski definition) is 3. The van der Waals surface area contributed by atoms with Crippen LogP contribution in [0, 0.1) is 25.2 Å². The van der Waals surface area contributed by atoms with Gasteiger partial charge in [0.2, 0.25) is 0 Å². The lowest BCUT2D eigenvalue weighted by atomic mass is 10.1. The Balaban J connectivity index is 3.05. The highest BCUT2D eigenvalue weighted by atomic mass is 16.4. The molecule has 0 unspecified atom stereocenters. The Kier molecular flexibility index (Phi) is 4.05. The SMILES string of the molecule is Cc1cc(C)n(CCCC(=O)O)c(=O)c1C#N. The molecule has 1 rings (SSSR count). The summed E-state index contributed by atoms with van der Waals surface area (Å²) >= 11 is 0. The van der Waals surface area contributed by atoms with Gasteiger partial charge in [-0.25, -0.2) is 0 Å². The number of hydrogen-bond donors (Lipinski definition) is 1. The van der Waals surface area contributed by atoms with E-state index in [1.54, 1.807) is 19.9 Å². The first-order chi connectivity index (χ1) is 7.97. The van der Waals surface area contributed by atoms with Gasteiger partial charge in [0.1, 0.15) is 11.6 Å². The van der Waals surface area contributed by atoms with Gasteiger partial charge in [-0.15, -0.1) is 0 Å². The third-order valence-electron chi connectivity index (χ3n) is 2.59. The average Bonchev–Trinajstić information content (AvgIpc) is 2.22. The quantitative estimate of drug-likeness (QED) is 0.848. The van der Waals surface area contributed by atoms with E-state index in [9.17, 15) is 9.59 Å². The van der Waals surface area contributed by atoms with E-state index in [0.717, 1.165) is 5.69 Å². The van der Waals surface area contributed by atoms with E-state index in [1.165, 1.54) is 4.57 Å². The van der Waals surface area contributed by atoms with Crippen molar-refractivity contribution in [3.05, 3.63) is 33.2 Å². The number of nitriles is 1. The maximum Gasteiger partial charge on any atom is 0.303 e. The van der Waals surface area contributed by atoms with Crippen LogP contribution in [0.15, 0.2) is 10.9 Å². The van der Waals surface area contributed by atoms with Crippen molar-refractivity contribution >= 4 is 5.97 Å². The van der Waals surface area contributed by atoms with Crippen LogP contribution < -0.4 is 5.56 Å². The molecule has 0 aromatic carbocycles. The molecule has 1 N–H and O–H groups in total. The molecule has 1 heterocycles. The highest BCUT2D eigenvalue weighted by molar-refractivity contribution is 5.66. The van der Waals surface area contributed by atoms with Crippen LogP contribution in [0.4, 0.5) is 0 Å². The third kappa shape index (κ3) is 2.94. The van der Waals surface area contributed by atoms with Crippen molar-refractivity contribution in [3.63, 3.8) is 0 Å². The Morgan fingerprint density at radius 3 is 2.71 bits per heavy atom. The molecule has 0 saturated heterocycles. The first-order valence-corrected chi connectivity index (χ1v) is 5.30. The number of pyridine rings is 1. The minimum Gasteiger partial charge on any atom is -0.481 e. The molecule has 0 atom stereocenters. The van der Waals surface area contributed by atoms with Gasteiger partial charge < -0.3 is 9.67 Å². The second-order valence-corrected chi connectivity index (χ2v) is 3.91. The summed E-state index contributed by atoms with van der Waals surface area (Å²) in [4.78, 5) is 22.3. The number of aromatic nitrogens is 1. The van der Waals surface area contributed by atoms with E-state index < -0.39 is 5.97 Å². The summed E-state index contributed by atoms with van der Waals surface area (Å²) in [5.74, 6) is -0.886. The highest BCUT2D eigenvalue weighted by Gasteiger charge is 2.09.